The van der Waals surface area contributed by atoms with Gasteiger partial charge in [-0.25, -0.2) is 0 Å². The van der Waals surface area contributed by atoms with Crippen LogP contribution in [-0.4, -0.2) is 31.8 Å². The van der Waals surface area contributed by atoms with Crippen molar-refractivity contribution < 1.29 is 19.1 Å². The summed E-state index contributed by atoms with van der Waals surface area (Å²) in [6.07, 6.45) is 0.429. The van der Waals surface area contributed by atoms with Crippen LogP contribution < -0.4 is 5.32 Å². The quantitative estimate of drug-likeness (QED) is 0.332. The van der Waals surface area contributed by atoms with E-state index in [1.807, 2.05) is 0 Å². The lowest BCUT2D eigenvalue weighted by molar-refractivity contribution is -0.148. The molecule has 0 aliphatic carbocycles. The first-order chi connectivity index (χ1) is 5.63. The number of hydrogen-bond acceptors (Lipinski definition) is 4. The van der Waals surface area contributed by atoms with Crippen molar-refractivity contribution in [3.8, 4) is 0 Å². The molecule has 0 fully saturated rings. The molecule has 0 aliphatic heterocycles. The van der Waals surface area contributed by atoms with Gasteiger partial charge in [0.15, 0.2) is 0 Å². The van der Waals surface area contributed by atoms with E-state index in [2.05, 4.69) is 10.1 Å². The maximum absolute atomic E-state index is 10.9. The van der Waals surface area contributed by atoms with Gasteiger partial charge in [0.05, 0.1) is 7.11 Å². The molecule has 5 nitrogen and oxygen atoms in total. The average molecular weight is 173 g/mol. The molecule has 0 rings (SSSR count). The van der Waals surface area contributed by atoms with E-state index in [1.165, 1.54) is 14.0 Å². The second-order valence-corrected chi connectivity index (χ2v) is 2.21. The van der Waals surface area contributed by atoms with Gasteiger partial charge in [-0.3, -0.25) is 14.4 Å². The Morgan fingerprint density at radius 2 is 2.17 bits per heavy atom. The molecule has 0 aromatic carbocycles. The molecule has 0 spiro atoms. The lowest BCUT2D eigenvalue weighted by atomic mass is 10.1. The normalized spacial score (nSPS) is 11.5. The van der Waals surface area contributed by atoms with Gasteiger partial charge in [-0.1, -0.05) is 0 Å². The minimum absolute atomic E-state index is 0.00843. The summed E-state index contributed by atoms with van der Waals surface area (Å²) in [6.45, 7) is 1.26. The maximum Gasteiger partial charge on any atom is 0.318 e. The van der Waals surface area contributed by atoms with E-state index in [4.69, 9.17) is 0 Å². The van der Waals surface area contributed by atoms with E-state index in [1.54, 1.807) is 0 Å². The fourth-order valence-electron chi connectivity index (χ4n) is 0.701. The highest BCUT2D eigenvalue weighted by Gasteiger charge is 2.23. The molecular formula is C7H11NO4. The van der Waals surface area contributed by atoms with Gasteiger partial charge in [-0.05, 0) is 6.92 Å². The van der Waals surface area contributed by atoms with E-state index in [9.17, 15) is 14.4 Å². The summed E-state index contributed by atoms with van der Waals surface area (Å²) >= 11 is 0. The number of nitrogens with one attached hydrogen (secondary N) is 1. The molecule has 1 amide bonds. The minimum atomic E-state index is -0.889. The Bertz CT molecular complexity index is 190. The van der Waals surface area contributed by atoms with Gasteiger partial charge in [-0.15, -0.1) is 0 Å². The summed E-state index contributed by atoms with van der Waals surface area (Å²) in [5, 5.41) is 2.24. The zero-order valence-electron chi connectivity index (χ0n) is 6.99. The molecule has 1 N–H and O–H groups in total. The van der Waals surface area contributed by atoms with Crippen molar-refractivity contribution in [2.75, 3.05) is 13.7 Å². The predicted octanol–water partition coefficient (Wildman–Crippen LogP) is -0.889. The Hall–Kier alpha value is -1.39. The Kier molecular flexibility index (Phi) is 4.67. The van der Waals surface area contributed by atoms with E-state index in [-0.39, 0.29) is 12.3 Å². The van der Waals surface area contributed by atoms with Crippen LogP contribution in [0.1, 0.15) is 6.92 Å². The standard InChI is InChI=1S/C7H11NO4/c1-5(10)6(3-8-4-9)7(11)12-2/h4,6H,3H2,1-2H3,(H,8,9). The first-order valence-electron chi connectivity index (χ1n) is 3.38. The molecule has 1 unspecified atom stereocenters. The summed E-state index contributed by atoms with van der Waals surface area (Å²) in [5.41, 5.74) is 0. The van der Waals surface area contributed by atoms with Gasteiger partial charge in [0, 0.05) is 6.54 Å². The van der Waals surface area contributed by atoms with Crippen molar-refractivity contribution in [2.24, 2.45) is 5.92 Å². The molecule has 12 heavy (non-hydrogen) atoms. The fraction of sp³-hybridized carbons (Fsp3) is 0.571. The second kappa shape index (κ2) is 5.29. The van der Waals surface area contributed by atoms with Crippen LogP contribution in [0.25, 0.3) is 0 Å². The highest BCUT2D eigenvalue weighted by atomic mass is 16.5. The number of ether oxygens (including phenoxy) is 1. The van der Waals surface area contributed by atoms with E-state index >= 15 is 0 Å². The molecule has 0 aromatic rings. The van der Waals surface area contributed by atoms with E-state index in [0.29, 0.717) is 6.41 Å². The summed E-state index contributed by atoms with van der Waals surface area (Å²) < 4.78 is 4.36. The summed E-state index contributed by atoms with van der Waals surface area (Å²) in [5.74, 6) is -1.84. The lowest BCUT2D eigenvalue weighted by Crippen LogP contribution is -2.33. The zero-order valence-corrected chi connectivity index (χ0v) is 6.99. The summed E-state index contributed by atoms with van der Waals surface area (Å²) in [4.78, 5) is 31.5. The molecule has 68 valence electrons. The first-order valence-corrected chi connectivity index (χ1v) is 3.38. The molecule has 0 heterocycles. The van der Waals surface area contributed by atoms with Crippen LogP contribution in [0.2, 0.25) is 0 Å². The third-order valence-electron chi connectivity index (χ3n) is 1.38. The molecule has 0 radical (unpaired) electrons. The Morgan fingerprint density at radius 3 is 2.50 bits per heavy atom. The van der Waals surface area contributed by atoms with Crippen molar-refractivity contribution in [3.63, 3.8) is 0 Å². The number of methoxy groups -OCH3 is 1. The number of Topliss-reactive ketones (excluding diaryl/α,β-unsaturated/α-hetero) is 1. The molecular weight excluding hydrogens is 162 g/mol. The van der Waals surface area contributed by atoms with Gasteiger partial charge < -0.3 is 10.1 Å². The molecule has 5 heteroatoms. The third-order valence-corrected chi connectivity index (χ3v) is 1.38. The first kappa shape index (κ1) is 10.6. The largest absolute Gasteiger partial charge is 0.468 e. The highest BCUT2D eigenvalue weighted by Crippen LogP contribution is 1.98. The van der Waals surface area contributed by atoms with Crippen LogP contribution in [0.3, 0.4) is 0 Å². The molecule has 1 atom stereocenters. The second-order valence-electron chi connectivity index (χ2n) is 2.21. The van der Waals surface area contributed by atoms with Gasteiger partial charge >= 0.3 is 5.97 Å². The number of esters is 1. The summed E-state index contributed by atoms with van der Waals surface area (Å²) in [6, 6.07) is 0. The van der Waals surface area contributed by atoms with Crippen LogP contribution in [0.5, 0.6) is 0 Å². The minimum Gasteiger partial charge on any atom is -0.468 e. The van der Waals surface area contributed by atoms with Crippen molar-refractivity contribution in [1.82, 2.24) is 5.32 Å². The van der Waals surface area contributed by atoms with E-state index < -0.39 is 11.9 Å². The Morgan fingerprint density at radius 1 is 1.58 bits per heavy atom. The van der Waals surface area contributed by atoms with E-state index in [0.717, 1.165) is 0 Å². The van der Waals surface area contributed by atoms with Crippen molar-refractivity contribution in [2.45, 2.75) is 6.92 Å². The maximum atomic E-state index is 10.9. The SMILES string of the molecule is COC(=O)C(CNC=O)C(C)=O. The predicted molar refractivity (Wildman–Crippen MR) is 40.3 cm³/mol. The van der Waals surface area contributed by atoms with Gasteiger partial charge in [0.1, 0.15) is 11.7 Å². The van der Waals surface area contributed by atoms with Gasteiger partial charge in [0.25, 0.3) is 0 Å². The monoisotopic (exact) mass is 173 g/mol. The average Bonchev–Trinajstić information content (AvgIpc) is 2.04. The van der Waals surface area contributed by atoms with Gasteiger partial charge in [0.2, 0.25) is 6.41 Å². The fourth-order valence-corrected chi connectivity index (χ4v) is 0.701. The lowest BCUT2D eigenvalue weighted by Gasteiger charge is -2.09. The van der Waals surface area contributed by atoms with Crippen molar-refractivity contribution in [3.05, 3.63) is 0 Å². The Balaban J connectivity index is 4.12. The summed E-state index contributed by atoms with van der Waals surface area (Å²) in [7, 11) is 1.19. The third kappa shape index (κ3) is 3.14. The van der Waals surface area contributed by atoms with Crippen LogP contribution in [0.15, 0.2) is 0 Å². The van der Waals surface area contributed by atoms with Crippen LogP contribution >= 0.6 is 0 Å². The molecule has 0 saturated heterocycles. The number of carbonyl (C=O) groups excluding carboxylic acids is 3. The topological polar surface area (TPSA) is 72.5 Å². The Labute approximate surface area is 70.1 Å². The molecule has 0 saturated carbocycles. The number of rotatable bonds is 5. The van der Waals surface area contributed by atoms with Crippen LogP contribution in [0, 0.1) is 5.92 Å². The number of ketones is 1. The zero-order chi connectivity index (χ0) is 9.56. The van der Waals surface area contributed by atoms with Crippen LogP contribution in [0.4, 0.5) is 0 Å². The molecule has 0 bridgehead atoms. The molecule has 0 aliphatic rings. The number of amides is 1. The van der Waals surface area contributed by atoms with Crippen LogP contribution in [-0.2, 0) is 19.1 Å². The number of carbonyl (C=O) groups is 3. The number of hydrogen-bond donors (Lipinski definition) is 1. The highest BCUT2D eigenvalue weighted by molar-refractivity contribution is 5.98. The van der Waals surface area contributed by atoms with Gasteiger partial charge in [-0.2, -0.15) is 0 Å². The van der Waals surface area contributed by atoms with Crippen molar-refractivity contribution >= 4 is 18.2 Å². The van der Waals surface area contributed by atoms with Crippen molar-refractivity contribution in [1.29, 1.82) is 0 Å². The molecule has 0 aromatic heterocycles. The smallest absolute Gasteiger partial charge is 0.318 e.